The van der Waals surface area contributed by atoms with Crippen molar-refractivity contribution >= 4 is 10.0 Å². The number of likely N-dealkylation sites (N-methyl/N-ethyl adjacent to an activating group) is 1. The highest BCUT2D eigenvalue weighted by molar-refractivity contribution is 7.89. The Labute approximate surface area is 112 Å². The molecule has 1 saturated heterocycles. The Morgan fingerprint density at radius 2 is 1.67 bits per heavy atom. The van der Waals surface area contributed by atoms with Crippen LogP contribution in [0.2, 0.25) is 0 Å². The minimum Gasteiger partial charge on any atom is -0.304 e. The standard InChI is InChI=1S/C12H27N3O2S/c1-11(2)10-18(16,17)13-9-12(3)15-7-5-14(4)6-8-15/h11-13H,5-10H2,1-4H3/t12-/m0/s1. The summed E-state index contributed by atoms with van der Waals surface area (Å²) in [5.74, 6) is 0.379. The summed E-state index contributed by atoms with van der Waals surface area (Å²) in [4.78, 5) is 4.64. The van der Waals surface area contributed by atoms with E-state index in [9.17, 15) is 8.42 Å². The first-order chi connectivity index (χ1) is 8.30. The second kappa shape index (κ2) is 6.84. The van der Waals surface area contributed by atoms with E-state index in [1.54, 1.807) is 0 Å². The summed E-state index contributed by atoms with van der Waals surface area (Å²) < 4.78 is 26.2. The second-order valence-electron chi connectivity index (χ2n) is 5.71. The van der Waals surface area contributed by atoms with Gasteiger partial charge in [0, 0.05) is 38.8 Å². The maximum absolute atomic E-state index is 11.7. The average molecular weight is 277 g/mol. The first kappa shape index (κ1) is 15.9. The van der Waals surface area contributed by atoms with Gasteiger partial charge in [0.15, 0.2) is 0 Å². The van der Waals surface area contributed by atoms with Gasteiger partial charge in [-0.25, -0.2) is 13.1 Å². The molecule has 0 aromatic rings. The number of sulfonamides is 1. The summed E-state index contributed by atoms with van der Waals surface area (Å²) in [6, 6.07) is 0.264. The first-order valence-corrected chi connectivity index (χ1v) is 8.35. The zero-order valence-electron chi connectivity index (χ0n) is 12.0. The molecule has 0 aliphatic carbocycles. The third-order valence-electron chi connectivity index (χ3n) is 3.31. The van der Waals surface area contributed by atoms with Crippen LogP contribution in [0.1, 0.15) is 20.8 Å². The fourth-order valence-electron chi connectivity index (χ4n) is 2.14. The van der Waals surface area contributed by atoms with Gasteiger partial charge in [-0.1, -0.05) is 13.8 Å². The van der Waals surface area contributed by atoms with Crippen molar-refractivity contribution in [2.45, 2.75) is 26.8 Å². The highest BCUT2D eigenvalue weighted by Crippen LogP contribution is 2.05. The molecule has 108 valence electrons. The monoisotopic (exact) mass is 277 g/mol. The van der Waals surface area contributed by atoms with Gasteiger partial charge < -0.3 is 4.90 Å². The van der Waals surface area contributed by atoms with E-state index >= 15 is 0 Å². The van der Waals surface area contributed by atoms with Crippen LogP contribution in [-0.2, 0) is 10.0 Å². The molecule has 6 heteroatoms. The number of nitrogens with one attached hydrogen (secondary N) is 1. The molecular weight excluding hydrogens is 250 g/mol. The van der Waals surface area contributed by atoms with E-state index in [2.05, 4.69) is 28.5 Å². The molecule has 1 fully saturated rings. The van der Waals surface area contributed by atoms with Crippen molar-refractivity contribution in [1.82, 2.24) is 14.5 Å². The summed E-state index contributed by atoms with van der Waals surface area (Å²) in [5, 5.41) is 0. The number of piperazine rings is 1. The Bertz CT molecular complexity index is 335. The van der Waals surface area contributed by atoms with Gasteiger partial charge in [-0.2, -0.15) is 0 Å². The van der Waals surface area contributed by atoms with Crippen LogP contribution in [0, 0.1) is 5.92 Å². The van der Waals surface area contributed by atoms with Gasteiger partial charge in [0.1, 0.15) is 0 Å². The van der Waals surface area contributed by atoms with Crippen LogP contribution in [0.3, 0.4) is 0 Å². The highest BCUT2D eigenvalue weighted by atomic mass is 32.2. The minimum atomic E-state index is -3.11. The smallest absolute Gasteiger partial charge is 0.211 e. The van der Waals surface area contributed by atoms with E-state index < -0.39 is 10.0 Å². The van der Waals surface area contributed by atoms with Gasteiger partial charge in [0.2, 0.25) is 10.0 Å². The lowest BCUT2D eigenvalue weighted by atomic mass is 10.2. The van der Waals surface area contributed by atoms with Crippen molar-refractivity contribution in [1.29, 1.82) is 0 Å². The summed E-state index contributed by atoms with van der Waals surface area (Å²) in [5.41, 5.74) is 0. The zero-order valence-corrected chi connectivity index (χ0v) is 12.8. The van der Waals surface area contributed by atoms with Crippen LogP contribution in [0.15, 0.2) is 0 Å². The van der Waals surface area contributed by atoms with Crippen molar-refractivity contribution in [2.75, 3.05) is 45.5 Å². The maximum atomic E-state index is 11.7. The SMILES string of the molecule is CC(C)CS(=O)(=O)NC[C@H](C)N1CCN(C)CC1. The molecule has 1 aliphatic heterocycles. The van der Waals surface area contributed by atoms with Crippen molar-refractivity contribution < 1.29 is 8.42 Å². The number of hydrogen-bond acceptors (Lipinski definition) is 4. The van der Waals surface area contributed by atoms with Gasteiger partial charge in [-0.3, -0.25) is 4.90 Å². The fraction of sp³-hybridized carbons (Fsp3) is 1.00. The summed E-state index contributed by atoms with van der Waals surface area (Å²) >= 11 is 0. The predicted molar refractivity (Wildman–Crippen MR) is 75.2 cm³/mol. The molecule has 0 radical (unpaired) electrons. The molecule has 0 saturated carbocycles. The molecule has 0 aromatic heterocycles. The molecule has 1 heterocycles. The number of rotatable bonds is 6. The van der Waals surface area contributed by atoms with E-state index in [0.717, 1.165) is 26.2 Å². The second-order valence-corrected chi connectivity index (χ2v) is 7.56. The molecule has 5 nitrogen and oxygen atoms in total. The lowest BCUT2D eigenvalue weighted by Gasteiger charge is -2.36. The Balaban J connectivity index is 2.34. The van der Waals surface area contributed by atoms with Crippen molar-refractivity contribution in [3.63, 3.8) is 0 Å². The lowest BCUT2D eigenvalue weighted by molar-refractivity contribution is 0.120. The highest BCUT2D eigenvalue weighted by Gasteiger charge is 2.21. The third-order valence-corrected chi connectivity index (χ3v) is 5.02. The van der Waals surface area contributed by atoms with Crippen molar-refractivity contribution in [3.8, 4) is 0 Å². The van der Waals surface area contributed by atoms with Crippen molar-refractivity contribution in [2.24, 2.45) is 5.92 Å². The van der Waals surface area contributed by atoms with Gasteiger partial charge in [-0.15, -0.1) is 0 Å². The average Bonchev–Trinajstić information content (AvgIpc) is 2.25. The minimum absolute atomic E-state index is 0.168. The molecule has 0 aromatic carbocycles. The molecule has 0 spiro atoms. The normalized spacial score (nSPS) is 21.4. The molecular formula is C12H27N3O2S. The zero-order chi connectivity index (χ0) is 13.8. The predicted octanol–water partition coefficient (Wildman–Crippen LogP) is 0.198. The van der Waals surface area contributed by atoms with Crippen LogP contribution in [0.25, 0.3) is 0 Å². The topological polar surface area (TPSA) is 52.7 Å². The Morgan fingerprint density at radius 1 is 1.11 bits per heavy atom. The molecule has 1 atom stereocenters. The Hall–Kier alpha value is -0.170. The van der Waals surface area contributed by atoms with E-state index in [1.807, 2.05) is 13.8 Å². The quantitative estimate of drug-likeness (QED) is 0.753. The first-order valence-electron chi connectivity index (χ1n) is 6.70. The van der Waals surface area contributed by atoms with E-state index in [4.69, 9.17) is 0 Å². The van der Waals surface area contributed by atoms with E-state index in [-0.39, 0.29) is 17.7 Å². The van der Waals surface area contributed by atoms with Gasteiger partial charge in [0.25, 0.3) is 0 Å². The summed E-state index contributed by atoms with van der Waals surface area (Å²) in [6.07, 6.45) is 0. The molecule has 0 unspecified atom stereocenters. The Morgan fingerprint density at radius 3 is 2.17 bits per heavy atom. The molecule has 0 bridgehead atoms. The molecule has 1 N–H and O–H groups in total. The number of hydrogen-bond donors (Lipinski definition) is 1. The molecule has 1 aliphatic rings. The fourth-order valence-corrected chi connectivity index (χ4v) is 3.63. The van der Waals surface area contributed by atoms with Crippen molar-refractivity contribution in [3.05, 3.63) is 0 Å². The molecule has 18 heavy (non-hydrogen) atoms. The molecule has 0 amide bonds. The van der Waals surface area contributed by atoms with E-state index in [1.165, 1.54) is 0 Å². The van der Waals surface area contributed by atoms with Gasteiger partial charge in [-0.05, 0) is 19.9 Å². The van der Waals surface area contributed by atoms with Crippen LogP contribution in [0.5, 0.6) is 0 Å². The van der Waals surface area contributed by atoms with Crippen LogP contribution in [-0.4, -0.2) is 69.8 Å². The number of nitrogens with zero attached hydrogens (tertiary/aromatic N) is 2. The van der Waals surface area contributed by atoms with Gasteiger partial charge in [0.05, 0.1) is 5.75 Å². The maximum Gasteiger partial charge on any atom is 0.211 e. The largest absolute Gasteiger partial charge is 0.304 e. The van der Waals surface area contributed by atoms with E-state index in [0.29, 0.717) is 6.54 Å². The third kappa shape index (κ3) is 5.65. The summed E-state index contributed by atoms with van der Waals surface area (Å²) in [6.45, 7) is 10.6. The van der Waals surface area contributed by atoms with Crippen LogP contribution >= 0.6 is 0 Å². The lowest BCUT2D eigenvalue weighted by Crippen LogP contribution is -2.51. The van der Waals surface area contributed by atoms with Crippen LogP contribution < -0.4 is 4.72 Å². The summed E-state index contributed by atoms with van der Waals surface area (Å²) in [7, 11) is -0.994. The Kier molecular flexibility index (Phi) is 6.04. The van der Waals surface area contributed by atoms with Gasteiger partial charge >= 0.3 is 0 Å². The molecule has 1 rings (SSSR count). The van der Waals surface area contributed by atoms with Crippen LogP contribution in [0.4, 0.5) is 0 Å².